The van der Waals surface area contributed by atoms with Crippen LogP contribution in [0, 0.1) is 0 Å². The number of benzene rings is 4. The zero-order valence-corrected chi connectivity index (χ0v) is 16.2. The minimum atomic E-state index is -0.581. The lowest BCUT2D eigenvalue weighted by Crippen LogP contribution is -2.43. The summed E-state index contributed by atoms with van der Waals surface area (Å²) >= 11 is 0. The molecule has 1 aliphatic heterocycles. The third kappa shape index (κ3) is 3.28. The Morgan fingerprint density at radius 1 is 0.759 bits per heavy atom. The monoisotopic (exact) mass is 381 g/mol. The molecule has 0 amide bonds. The number of fused-ring (bicyclic) bond motifs is 2. The first-order valence-corrected chi connectivity index (χ1v) is 10.2. The summed E-state index contributed by atoms with van der Waals surface area (Å²) in [6.07, 6.45) is 1.55. The maximum absolute atomic E-state index is 13.4. The molecule has 0 aromatic heterocycles. The van der Waals surface area contributed by atoms with Crippen LogP contribution >= 0.6 is 0 Å². The van der Waals surface area contributed by atoms with Gasteiger partial charge in [-0.1, -0.05) is 66.7 Å². The molecule has 4 aromatic carbocycles. The van der Waals surface area contributed by atoms with Crippen LogP contribution in [0.1, 0.15) is 28.8 Å². The van der Waals surface area contributed by atoms with Crippen molar-refractivity contribution in [3.8, 4) is 0 Å². The van der Waals surface area contributed by atoms with E-state index in [-0.39, 0.29) is 5.97 Å². The third-order valence-corrected chi connectivity index (χ3v) is 5.97. The Bertz CT molecular complexity index is 1180. The number of carbonyl (C=O) groups excluding carboxylic acids is 1. The fourth-order valence-corrected chi connectivity index (χ4v) is 4.40. The van der Waals surface area contributed by atoms with Gasteiger partial charge in [-0.2, -0.15) is 0 Å². The van der Waals surface area contributed by atoms with Crippen molar-refractivity contribution in [3.63, 3.8) is 0 Å². The van der Waals surface area contributed by atoms with Gasteiger partial charge in [0.15, 0.2) is 0 Å². The van der Waals surface area contributed by atoms with E-state index in [0.29, 0.717) is 5.56 Å². The van der Waals surface area contributed by atoms with Crippen molar-refractivity contribution in [2.75, 3.05) is 13.1 Å². The minimum absolute atomic E-state index is 0.253. The molecule has 5 rings (SSSR count). The number of piperidine rings is 1. The second-order valence-electron chi connectivity index (χ2n) is 7.73. The van der Waals surface area contributed by atoms with Crippen molar-refractivity contribution >= 4 is 27.5 Å². The lowest BCUT2D eigenvalue weighted by Gasteiger charge is -2.37. The fourth-order valence-electron chi connectivity index (χ4n) is 4.40. The maximum atomic E-state index is 13.4. The minimum Gasteiger partial charge on any atom is -0.450 e. The van der Waals surface area contributed by atoms with Crippen LogP contribution in [0.15, 0.2) is 84.9 Å². The van der Waals surface area contributed by atoms with Gasteiger partial charge in [0.1, 0.15) is 5.60 Å². The Hall–Kier alpha value is -3.17. The van der Waals surface area contributed by atoms with E-state index in [0.717, 1.165) is 47.7 Å². The molecule has 144 valence electrons. The standard InChI is InChI=1S/C26H23NO2/c28-25(29-26(13-15-27-16-14-26)22-10-2-1-3-11-22)23-12-6-9-21-17-19-7-4-5-8-20(19)18-24(21)23/h1-12,17-18,27H,13-16H2. The molecule has 29 heavy (non-hydrogen) atoms. The fraction of sp³-hybridized carbons (Fsp3) is 0.192. The first-order valence-electron chi connectivity index (χ1n) is 10.2. The summed E-state index contributed by atoms with van der Waals surface area (Å²) in [6, 6.07) is 28.5. The van der Waals surface area contributed by atoms with Gasteiger partial charge in [0.2, 0.25) is 0 Å². The van der Waals surface area contributed by atoms with Crippen LogP contribution in [0.4, 0.5) is 0 Å². The van der Waals surface area contributed by atoms with E-state index < -0.39 is 5.60 Å². The summed E-state index contributed by atoms with van der Waals surface area (Å²) in [7, 11) is 0. The van der Waals surface area contributed by atoms with Crippen molar-refractivity contribution in [1.29, 1.82) is 0 Å². The average molecular weight is 381 g/mol. The Balaban J connectivity index is 1.57. The van der Waals surface area contributed by atoms with Gasteiger partial charge < -0.3 is 10.1 Å². The van der Waals surface area contributed by atoms with Crippen molar-refractivity contribution in [3.05, 3.63) is 96.1 Å². The quantitative estimate of drug-likeness (QED) is 0.380. The molecule has 1 N–H and O–H groups in total. The van der Waals surface area contributed by atoms with Gasteiger partial charge in [0, 0.05) is 12.8 Å². The van der Waals surface area contributed by atoms with E-state index in [1.165, 1.54) is 5.39 Å². The van der Waals surface area contributed by atoms with Gasteiger partial charge in [-0.05, 0) is 58.4 Å². The average Bonchev–Trinajstić information content (AvgIpc) is 2.78. The van der Waals surface area contributed by atoms with Crippen LogP contribution in [0.25, 0.3) is 21.5 Å². The number of rotatable bonds is 3. The van der Waals surface area contributed by atoms with Gasteiger partial charge in [-0.25, -0.2) is 4.79 Å². The highest BCUT2D eigenvalue weighted by atomic mass is 16.6. The molecule has 0 bridgehead atoms. The van der Waals surface area contributed by atoms with E-state index in [2.05, 4.69) is 47.8 Å². The molecule has 0 saturated carbocycles. The van der Waals surface area contributed by atoms with Crippen LogP contribution in [-0.4, -0.2) is 19.1 Å². The van der Waals surface area contributed by atoms with Crippen LogP contribution in [0.5, 0.6) is 0 Å². The molecule has 0 unspecified atom stereocenters. The summed E-state index contributed by atoms with van der Waals surface area (Å²) in [6.45, 7) is 1.67. The molecular formula is C26H23NO2. The van der Waals surface area contributed by atoms with Gasteiger partial charge in [-0.3, -0.25) is 0 Å². The van der Waals surface area contributed by atoms with Crippen LogP contribution < -0.4 is 5.32 Å². The predicted octanol–water partition coefficient (Wildman–Crippen LogP) is 5.43. The first kappa shape index (κ1) is 17.9. The lowest BCUT2D eigenvalue weighted by molar-refractivity contribution is -0.0376. The zero-order chi connectivity index (χ0) is 19.7. The van der Waals surface area contributed by atoms with Gasteiger partial charge in [-0.15, -0.1) is 0 Å². The third-order valence-electron chi connectivity index (χ3n) is 5.97. The highest BCUT2D eigenvalue weighted by molar-refractivity contribution is 6.09. The van der Waals surface area contributed by atoms with E-state index in [1.54, 1.807) is 0 Å². The second kappa shape index (κ2) is 7.34. The van der Waals surface area contributed by atoms with Crippen molar-refractivity contribution in [2.45, 2.75) is 18.4 Å². The highest BCUT2D eigenvalue weighted by Crippen LogP contribution is 2.36. The number of esters is 1. The molecule has 0 aliphatic carbocycles. The Morgan fingerprint density at radius 2 is 1.41 bits per heavy atom. The normalized spacial score (nSPS) is 16.0. The maximum Gasteiger partial charge on any atom is 0.339 e. The molecule has 4 aromatic rings. The smallest absolute Gasteiger partial charge is 0.339 e. The molecule has 0 radical (unpaired) electrons. The lowest BCUT2D eigenvalue weighted by atomic mass is 9.84. The molecule has 3 heteroatoms. The van der Waals surface area contributed by atoms with E-state index in [9.17, 15) is 4.79 Å². The summed E-state index contributed by atoms with van der Waals surface area (Å²) in [5.41, 5.74) is 1.12. The molecule has 1 aliphatic rings. The molecule has 1 heterocycles. The topological polar surface area (TPSA) is 38.3 Å². The molecule has 1 fully saturated rings. The van der Waals surface area contributed by atoms with E-state index >= 15 is 0 Å². The number of hydrogen-bond donors (Lipinski definition) is 1. The highest BCUT2D eigenvalue weighted by Gasteiger charge is 2.38. The molecule has 0 spiro atoms. The van der Waals surface area contributed by atoms with Crippen LogP contribution in [0.2, 0.25) is 0 Å². The number of ether oxygens (including phenoxy) is 1. The van der Waals surface area contributed by atoms with Gasteiger partial charge in [0.25, 0.3) is 0 Å². The molecular weight excluding hydrogens is 358 g/mol. The summed E-state index contributed by atoms with van der Waals surface area (Å²) in [5.74, 6) is -0.253. The summed E-state index contributed by atoms with van der Waals surface area (Å²) < 4.78 is 6.29. The van der Waals surface area contributed by atoms with Crippen LogP contribution in [0.3, 0.4) is 0 Å². The summed E-state index contributed by atoms with van der Waals surface area (Å²) in [4.78, 5) is 13.4. The SMILES string of the molecule is O=C(OC1(c2ccccc2)CCNCC1)c1cccc2cc3ccccc3cc12. The predicted molar refractivity (Wildman–Crippen MR) is 117 cm³/mol. The zero-order valence-electron chi connectivity index (χ0n) is 16.2. The first-order chi connectivity index (χ1) is 14.3. The molecule has 3 nitrogen and oxygen atoms in total. The number of hydrogen-bond acceptors (Lipinski definition) is 3. The van der Waals surface area contributed by atoms with Crippen molar-refractivity contribution < 1.29 is 9.53 Å². The van der Waals surface area contributed by atoms with Crippen LogP contribution in [-0.2, 0) is 10.3 Å². The second-order valence-corrected chi connectivity index (χ2v) is 7.73. The Morgan fingerprint density at radius 3 is 2.17 bits per heavy atom. The van der Waals surface area contributed by atoms with Gasteiger partial charge in [0.05, 0.1) is 5.56 Å². The molecule has 0 atom stereocenters. The number of nitrogens with one attached hydrogen (secondary N) is 1. The largest absolute Gasteiger partial charge is 0.450 e. The summed E-state index contributed by atoms with van der Waals surface area (Å²) in [5, 5.41) is 7.67. The Kier molecular flexibility index (Phi) is 4.53. The molecule has 1 saturated heterocycles. The van der Waals surface area contributed by atoms with Gasteiger partial charge >= 0.3 is 5.97 Å². The number of carbonyl (C=O) groups is 1. The van der Waals surface area contributed by atoms with E-state index in [1.807, 2.05) is 42.5 Å². The Labute approximate surface area is 170 Å². The van der Waals surface area contributed by atoms with Crippen molar-refractivity contribution in [1.82, 2.24) is 5.32 Å². The van der Waals surface area contributed by atoms with Crippen molar-refractivity contribution in [2.24, 2.45) is 0 Å². The van der Waals surface area contributed by atoms with E-state index in [4.69, 9.17) is 4.74 Å².